The maximum absolute atomic E-state index is 9.54. The Labute approximate surface area is 61.6 Å². The van der Waals surface area contributed by atoms with Crippen LogP contribution in [-0.4, -0.2) is 23.8 Å². The Kier molecular flexibility index (Phi) is 1.66. The lowest BCUT2D eigenvalue weighted by Gasteiger charge is -2.31. The fourth-order valence-electron chi connectivity index (χ4n) is 2.33. The van der Waals surface area contributed by atoms with Crippen LogP contribution in [0.2, 0.25) is 0 Å². The first-order valence-electron chi connectivity index (χ1n) is 4.29. The van der Waals surface area contributed by atoms with E-state index in [1.54, 1.807) is 0 Å². The molecule has 3 atom stereocenters. The minimum Gasteiger partial charge on any atom is -0.393 e. The molecule has 2 nitrogen and oxygen atoms in total. The van der Waals surface area contributed by atoms with Gasteiger partial charge in [-0.15, -0.1) is 0 Å². The highest BCUT2D eigenvalue weighted by Gasteiger charge is 2.34. The molecule has 10 heavy (non-hydrogen) atoms. The van der Waals surface area contributed by atoms with Gasteiger partial charge in [0.15, 0.2) is 0 Å². The number of fused-ring (bicyclic) bond motifs is 1. The van der Waals surface area contributed by atoms with Gasteiger partial charge in [0.2, 0.25) is 0 Å². The summed E-state index contributed by atoms with van der Waals surface area (Å²) in [4.78, 5) is 0. The van der Waals surface area contributed by atoms with Crippen molar-refractivity contribution in [3.05, 3.63) is 0 Å². The van der Waals surface area contributed by atoms with Crippen LogP contribution in [0.3, 0.4) is 0 Å². The molecule has 0 aromatic rings. The van der Waals surface area contributed by atoms with Crippen molar-refractivity contribution in [2.24, 2.45) is 5.92 Å². The number of nitrogens with one attached hydrogen (secondary N) is 1. The fraction of sp³-hybridized carbons (Fsp3) is 1.00. The van der Waals surface area contributed by atoms with Gasteiger partial charge in [0.1, 0.15) is 0 Å². The average Bonchev–Trinajstić information content (AvgIpc) is 2.36. The van der Waals surface area contributed by atoms with E-state index in [1.165, 1.54) is 19.3 Å². The molecule has 0 radical (unpaired) electrons. The number of aliphatic hydroxyl groups excluding tert-OH is 1. The first-order chi connectivity index (χ1) is 4.88. The van der Waals surface area contributed by atoms with E-state index in [9.17, 15) is 5.11 Å². The molecule has 0 unspecified atom stereocenters. The Morgan fingerprint density at radius 2 is 2.10 bits per heavy atom. The number of hydrogen-bond donors (Lipinski definition) is 2. The SMILES string of the molecule is O[C@@H]1CCN[C@@H]2CCC[C@H]12. The number of piperidine rings is 1. The van der Waals surface area contributed by atoms with Gasteiger partial charge >= 0.3 is 0 Å². The van der Waals surface area contributed by atoms with Crippen LogP contribution in [0.5, 0.6) is 0 Å². The van der Waals surface area contributed by atoms with Crippen LogP contribution in [0.4, 0.5) is 0 Å². The summed E-state index contributed by atoms with van der Waals surface area (Å²) in [6, 6.07) is 0.642. The Hall–Kier alpha value is -0.0800. The van der Waals surface area contributed by atoms with Gasteiger partial charge < -0.3 is 10.4 Å². The van der Waals surface area contributed by atoms with Crippen LogP contribution >= 0.6 is 0 Å². The monoisotopic (exact) mass is 141 g/mol. The predicted molar refractivity (Wildman–Crippen MR) is 39.8 cm³/mol. The molecule has 0 aromatic heterocycles. The minimum absolute atomic E-state index is 0.00579. The Morgan fingerprint density at radius 1 is 1.20 bits per heavy atom. The van der Waals surface area contributed by atoms with Crippen molar-refractivity contribution in [3.8, 4) is 0 Å². The normalized spacial score (nSPS) is 47.1. The van der Waals surface area contributed by atoms with Crippen molar-refractivity contribution in [3.63, 3.8) is 0 Å². The summed E-state index contributed by atoms with van der Waals surface area (Å²) in [5.74, 6) is 0.578. The second kappa shape index (κ2) is 2.51. The highest BCUT2D eigenvalue weighted by Crippen LogP contribution is 2.31. The van der Waals surface area contributed by atoms with Crippen molar-refractivity contribution in [2.75, 3.05) is 6.54 Å². The second-order valence-electron chi connectivity index (χ2n) is 3.51. The fourth-order valence-corrected chi connectivity index (χ4v) is 2.33. The molecule has 2 aliphatic rings. The summed E-state index contributed by atoms with van der Waals surface area (Å²) in [6.45, 7) is 1.02. The molecule has 0 aromatic carbocycles. The van der Waals surface area contributed by atoms with Gasteiger partial charge in [-0.25, -0.2) is 0 Å². The summed E-state index contributed by atoms with van der Waals surface area (Å²) in [5.41, 5.74) is 0. The highest BCUT2D eigenvalue weighted by atomic mass is 16.3. The van der Waals surface area contributed by atoms with Crippen LogP contribution < -0.4 is 5.32 Å². The quantitative estimate of drug-likeness (QED) is 0.515. The van der Waals surface area contributed by atoms with E-state index in [2.05, 4.69) is 5.32 Å². The maximum Gasteiger partial charge on any atom is 0.0595 e. The first-order valence-corrected chi connectivity index (χ1v) is 4.29. The molecular formula is C8H15NO. The molecule has 0 amide bonds. The predicted octanol–water partition coefficient (Wildman–Crippen LogP) is 0.509. The summed E-state index contributed by atoms with van der Waals surface area (Å²) >= 11 is 0. The van der Waals surface area contributed by atoms with Crippen LogP contribution in [-0.2, 0) is 0 Å². The van der Waals surface area contributed by atoms with E-state index >= 15 is 0 Å². The summed E-state index contributed by atoms with van der Waals surface area (Å²) in [7, 11) is 0. The topological polar surface area (TPSA) is 32.3 Å². The lowest BCUT2D eigenvalue weighted by molar-refractivity contribution is 0.0645. The molecule has 1 heterocycles. The molecule has 0 spiro atoms. The Bertz CT molecular complexity index is 126. The van der Waals surface area contributed by atoms with Crippen molar-refractivity contribution in [2.45, 2.75) is 37.8 Å². The van der Waals surface area contributed by atoms with E-state index in [0.717, 1.165) is 13.0 Å². The largest absolute Gasteiger partial charge is 0.393 e. The number of rotatable bonds is 0. The second-order valence-corrected chi connectivity index (χ2v) is 3.51. The molecule has 1 aliphatic carbocycles. The van der Waals surface area contributed by atoms with Gasteiger partial charge in [-0.05, 0) is 25.8 Å². The van der Waals surface area contributed by atoms with Gasteiger partial charge in [0.25, 0.3) is 0 Å². The van der Waals surface area contributed by atoms with Crippen LogP contribution in [0.15, 0.2) is 0 Å². The molecule has 1 aliphatic heterocycles. The lowest BCUT2D eigenvalue weighted by Crippen LogP contribution is -2.45. The number of aliphatic hydroxyl groups is 1. The van der Waals surface area contributed by atoms with Crippen molar-refractivity contribution >= 4 is 0 Å². The third-order valence-electron chi connectivity index (χ3n) is 2.91. The van der Waals surface area contributed by atoms with E-state index in [0.29, 0.717) is 12.0 Å². The molecular weight excluding hydrogens is 126 g/mol. The smallest absolute Gasteiger partial charge is 0.0595 e. The number of hydrogen-bond acceptors (Lipinski definition) is 2. The third kappa shape index (κ3) is 0.956. The van der Waals surface area contributed by atoms with E-state index in [4.69, 9.17) is 0 Å². The Balaban J connectivity index is 2.03. The minimum atomic E-state index is -0.00579. The van der Waals surface area contributed by atoms with Crippen molar-refractivity contribution < 1.29 is 5.11 Å². The molecule has 2 N–H and O–H groups in total. The van der Waals surface area contributed by atoms with Crippen molar-refractivity contribution in [1.29, 1.82) is 0 Å². The zero-order valence-electron chi connectivity index (χ0n) is 6.21. The van der Waals surface area contributed by atoms with Crippen molar-refractivity contribution in [1.82, 2.24) is 5.32 Å². The molecule has 2 fully saturated rings. The summed E-state index contributed by atoms with van der Waals surface area (Å²) in [6.07, 6.45) is 4.77. The van der Waals surface area contributed by atoms with E-state index < -0.39 is 0 Å². The summed E-state index contributed by atoms with van der Waals surface area (Å²) < 4.78 is 0. The highest BCUT2D eigenvalue weighted by molar-refractivity contribution is 4.91. The lowest BCUT2D eigenvalue weighted by atomic mass is 9.91. The molecule has 58 valence electrons. The van der Waals surface area contributed by atoms with E-state index in [-0.39, 0.29) is 6.10 Å². The van der Waals surface area contributed by atoms with Gasteiger partial charge in [0.05, 0.1) is 6.10 Å². The molecule has 1 saturated heterocycles. The average molecular weight is 141 g/mol. The van der Waals surface area contributed by atoms with Crippen LogP contribution in [0.25, 0.3) is 0 Å². The molecule has 2 heteroatoms. The summed E-state index contributed by atoms with van der Waals surface area (Å²) in [5, 5.41) is 13.0. The molecule has 2 rings (SSSR count). The first kappa shape index (κ1) is 6.62. The van der Waals surface area contributed by atoms with E-state index in [1.807, 2.05) is 0 Å². The maximum atomic E-state index is 9.54. The van der Waals surface area contributed by atoms with Gasteiger partial charge in [-0.1, -0.05) is 6.42 Å². The van der Waals surface area contributed by atoms with Gasteiger partial charge in [-0.2, -0.15) is 0 Å². The Morgan fingerprint density at radius 3 is 2.90 bits per heavy atom. The standard InChI is InChI=1S/C8H15NO/c10-8-4-5-9-7-3-1-2-6(7)8/h6-10H,1-5H2/t6-,7+,8+/m0/s1. The zero-order chi connectivity index (χ0) is 6.97. The van der Waals surface area contributed by atoms with Crippen LogP contribution in [0, 0.1) is 5.92 Å². The van der Waals surface area contributed by atoms with Gasteiger partial charge in [0, 0.05) is 12.0 Å². The molecule has 0 bridgehead atoms. The van der Waals surface area contributed by atoms with Gasteiger partial charge in [-0.3, -0.25) is 0 Å². The third-order valence-corrected chi connectivity index (χ3v) is 2.91. The van der Waals surface area contributed by atoms with Crippen LogP contribution in [0.1, 0.15) is 25.7 Å². The zero-order valence-corrected chi connectivity index (χ0v) is 6.21. The molecule has 1 saturated carbocycles.